The maximum atomic E-state index is 13.4. The van der Waals surface area contributed by atoms with Gasteiger partial charge in [0.25, 0.3) is 0 Å². The molecule has 4 nitrogen and oxygen atoms in total. The number of halogens is 2. The van der Waals surface area contributed by atoms with Gasteiger partial charge in [0.05, 0.1) is 12.2 Å². The predicted octanol–water partition coefficient (Wildman–Crippen LogP) is 4.19. The van der Waals surface area contributed by atoms with Gasteiger partial charge in [0.2, 0.25) is 0 Å². The summed E-state index contributed by atoms with van der Waals surface area (Å²) in [6.07, 6.45) is 1.38. The number of ether oxygens (including phenoxy) is 1. The summed E-state index contributed by atoms with van der Waals surface area (Å²) in [4.78, 5) is 17.8. The van der Waals surface area contributed by atoms with E-state index in [0.717, 1.165) is 6.20 Å². The van der Waals surface area contributed by atoms with Crippen molar-refractivity contribution in [3.63, 3.8) is 0 Å². The molecule has 21 heavy (non-hydrogen) atoms. The molecular formula is C15H20ClFN2O2. The van der Waals surface area contributed by atoms with Gasteiger partial charge >= 0.3 is 6.09 Å². The number of nitrogens with zero attached hydrogens (tertiary/aromatic N) is 2. The summed E-state index contributed by atoms with van der Waals surface area (Å²) < 4.78 is 18.9. The minimum absolute atomic E-state index is 0.226. The SMILES string of the molecule is C[C@@H]1C[C@H](c2cc(F)cnc2Cl)N(C(=O)OC(C)(C)C)C1. The van der Waals surface area contributed by atoms with Crippen molar-refractivity contribution in [1.29, 1.82) is 0 Å². The van der Waals surface area contributed by atoms with Gasteiger partial charge in [-0.2, -0.15) is 0 Å². The molecule has 2 heterocycles. The van der Waals surface area contributed by atoms with Gasteiger partial charge < -0.3 is 9.64 Å². The third kappa shape index (κ3) is 3.84. The normalized spacial score (nSPS) is 22.5. The zero-order chi connectivity index (χ0) is 15.8. The van der Waals surface area contributed by atoms with Crippen LogP contribution in [-0.4, -0.2) is 28.1 Å². The minimum Gasteiger partial charge on any atom is -0.444 e. The lowest BCUT2D eigenvalue weighted by Gasteiger charge is -2.29. The number of hydrogen-bond acceptors (Lipinski definition) is 3. The Balaban J connectivity index is 2.28. The Morgan fingerprint density at radius 2 is 2.19 bits per heavy atom. The Hall–Kier alpha value is -1.36. The first-order valence-corrected chi connectivity index (χ1v) is 7.35. The van der Waals surface area contributed by atoms with Gasteiger partial charge in [0.1, 0.15) is 16.6 Å². The van der Waals surface area contributed by atoms with Gasteiger partial charge in [0, 0.05) is 12.1 Å². The molecule has 0 spiro atoms. The first-order valence-electron chi connectivity index (χ1n) is 6.98. The van der Waals surface area contributed by atoms with Gasteiger partial charge in [-0.1, -0.05) is 18.5 Å². The van der Waals surface area contributed by atoms with Crippen LogP contribution < -0.4 is 0 Å². The second-order valence-corrected chi connectivity index (χ2v) is 6.88. The topological polar surface area (TPSA) is 42.4 Å². The molecule has 1 saturated heterocycles. The lowest BCUT2D eigenvalue weighted by atomic mass is 10.0. The van der Waals surface area contributed by atoms with Crippen LogP contribution in [0.5, 0.6) is 0 Å². The molecule has 1 aliphatic rings. The van der Waals surface area contributed by atoms with Crippen LogP contribution in [0.25, 0.3) is 0 Å². The molecule has 0 N–H and O–H groups in total. The number of likely N-dealkylation sites (tertiary alicyclic amines) is 1. The van der Waals surface area contributed by atoms with E-state index < -0.39 is 17.5 Å². The number of pyridine rings is 1. The average Bonchev–Trinajstić information content (AvgIpc) is 2.72. The Morgan fingerprint density at radius 3 is 2.81 bits per heavy atom. The third-order valence-electron chi connectivity index (χ3n) is 3.33. The van der Waals surface area contributed by atoms with Crippen molar-refractivity contribution < 1.29 is 13.9 Å². The Bertz CT molecular complexity index is 545. The lowest BCUT2D eigenvalue weighted by Crippen LogP contribution is -2.36. The summed E-state index contributed by atoms with van der Waals surface area (Å²) in [6.45, 7) is 8.05. The Kier molecular flexibility index (Phi) is 4.42. The van der Waals surface area contributed by atoms with Crippen molar-refractivity contribution in [2.45, 2.75) is 45.8 Å². The smallest absolute Gasteiger partial charge is 0.410 e. The van der Waals surface area contributed by atoms with E-state index in [4.69, 9.17) is 16.3 Å². The number of carbonyl (C=O) groups is 1. The Morgan fingerprint density at radius 1 is 1.52 bits per heavy atom. The summed E-state index contributed by atoms with van der Waals surface area (Å²) in [5.41, 5.74) is -0.0378. The van der Waals surface area contributed by atoms with E-state index in [1.807, 2.05) is 27.7 Å². The van der Waals surface area contributed by atoms with Crippen molar-refractivity contribution in [1.82, 2.24) is 9.88 Å². The summed E-state index contributed by atoms with van der Waals surface area (Å²) in [6, 6.07) is 1.04. The van der Waals surface area contributed by atoms with Crippen LogP contribution in [0.3, 0.4) is 0 Å². The number of amides is 1. The molecule has 116 valence electrons. The molecule has 1 aliphatic heterocycles. The van der Waals surface area contributed by atoms with Crippen LogP contribution in [0.1, 0.15) is 45.7 Å². The number of carbonyl (C=O) groups excluding carboxylic acids is 1. The molecule has 0 aromatic carbocycles. The highest BCUT2D eigenvalue weighted by molar-refractivity contribution is 6.30. The average molecular weight is 315 g/mol. The van der Waals surface area contributed by atoms with Crippen LogP contribution in [0.4, 0.5) is 9.18 Å². The molecule has 1 aromatic rings. The highest BCUT2D eigenvalue weighted by Gasteiger charge is 2.37. The second kappa shape index (κ2) is 5.79. The van der Waals surface area contributed by atoms with E-state index in [9.17, 15) is 9.18 Å². The minimum atomic E-state index is -0.572. The van der Waals surface area contributed by atoms with E-state index in [-0.39, 0.29) is 11.2 Å². The van der Waals surface area contributed by atoms with Gasteiger partial charge in [-0.15, -0.1) is 0 Å². The molecule has 0 radical (unpaired) electrons. The summed E-state index contributed by atoms with van der Waals surface area (Å²) >= 11 is 6.07. The number of hydrogen-bond donors (Lipinski definition) is 0. The van der Waals surface area contributed by atoms with Crippen molar-refractivity contribution in [2.24, 2.45) is 5.92 Å². The van der Waals surface area contributed by atoms with Crippen molar-refractivity contribution >= 4 is 17.7 Å². The molecule has 0 aliphatic carbocycles. The zero-order valence-corrected chi connectivity index (χ0v) is 13.4. The van der Waals surface area contributed by atoms with Crippen molar-refractivity contribution in [3.8, 4) is 0 Å². The quantitative estimate of drug-likeness (QED) is 0.730. The van der Waals surface area contributed by atoms with E-state index >= 15 is 0 Å². The maximum Gasteiger partial charge on any atom is 0.410 e. The lowest BCUT2D eigenvalue weighted by molar-refractivity contribution is 0.0220. The van der Waals surface area contributed by atoms with Gasteiger partial charge in [-0.05, 0) is 39.2 Å². The molecule has 0 bridgehead atoms. The molecule has 1 fully saturated rings. The predicted molar refractivity (Wildman–Crippen MR) is 78.7 cm³/mol. The monoisotopic (exact) mass is 314 g/mol. The molecule has 6 heteroatoms. The molecule has 2 atom stereocenters. The zero-order valence-electron chi connectivity index (χ0n) is 12.7. The van der Waals surface area contributed by atoms with Gasteiger partial charge in [0.15, 0.2) is 0 Å². The van der Waals surface area contributed by atoms with Gasteiger partial charge in [-0.25, -0.2) is 14.2 Å². The third-order valence-corrected chi connectivity index (χ3v) is 3.65. The largest absolute Gasteiger partial charge is 0.444 e. The van der Waals surface area contributed by atoms with Crippen molar-refractivity contribution in [3.05, 3.63) is 28.8 Å². The molecule has 0 unspecified atom stereocenters. The van der Waals surface area contributed by atoms with Crippen LogP contribution in [0, 0.1) is 11.7 Å². The van der Waals surface area contributed by atoms with Crippen LogP contribution in [-0.2, 0) is 4.74 Å². The summed E-state index contributed by atoms with van der Waals surface area (Å²) in [5.74, 6) is -0.167. The fraction of sp³-hybridized carbons (Fsp3) is 0.600. The highest BCUT2D eigenvalue weighted by Crippen LogP contribution is 2.38. The molecule has 2 rings (SSSR count). The number of rotatable bonds is 1. The van der Waals surface area contributed by atoms with Crippen LogP contribution in [0.15, 0.2) is 12.3 Å². The van der Waals surface area contributed by atoms with E-state index in [1.54, 1.807) is 4.90 Å². The van der Waals surface area contributed by atoms with Crippen molar-refractivity contribution in [2.75, 3.05) is 6.54 Å². The fourth-order valence-electron chi connectivity index (χ4n) is 2.54. The van der Waals surface area contributed by atoms with Crippen LogP contribution in [0.2, 0.25) is 5.15 Å². The Labute approximate surface area is 129 Å². The highest BCUT2D eigenvalue weighted by atomic mass is 35.5. The maximum absolute atomic E-state index is 13.4. The van der Waals surface area contributed by atoms with E-state index in [1.165, 1.54) is 6.07 Å². The fourth-order valence-corrected chi connectivity index (χ4v) is 2.76. The molecule has 0 saturated carbocycles. The van der Waals surface area contributed by atoms with E-state index in [0.29, 0.717) is 24.4 Å². The second-order valence-electron chi connectivity index (χ2n) is 6.52. The summed E-state index contributed by atoms with van der Waals surface area (Å²) in [5, 5.41) is 0.226. The number of aromatic nitrogens is 1. The molecule has 1 aromatic heterocycles. The first kappa shape index (κ1) is 16.0. The standard InChI is InChI=1S/C15H20ClFN2O2/c1-9-5-12(11-6-10(17)7-18-13(11)16)19(8-9)14(20)21-15(2,3)4/h6-7,9,12H,5,8H2,1-4H3/t9-,12-/m1/s1. The van der Waals surface area contributed by atoms with Gasteiger partial charge in [-0.3, -0.25) is 0 Å². The van der Waals surface area contributed by atoms with E-state index in [2.05, 4.69) is 4.98 Å². The molecular weight excluding hydrogens is 295 g/mol. The molecule has 1 amide bonds. The van der Waals surface area contributed by atoms with Crippen LogP contribution >= 0.6 is 11.6 Å². The summed E-state index contributed by atoms with van der Waals surface area (Å²) in [7, 11) is 0. The first-order chi connectivity index (χ1) is 9.67.